The highest BCUT2D eigenvalue weighted by Crippen LogP contribution is 2.55. The molecule has 37 heavy (non-hydrogen) atoms. The quantitative estimate of drug-likeness (QED) is 0.167. The summed E-state index contributed by atoms with van der Waals surface area (Å²) < 4.78 is 33.1. The van der Waals surface area contributed by atoms with E-state index in [1.165, 1.54) is 13.4 Å². The minimum Gasteiger partial charge on any atom is -0.478 e. The van der Waals surface area contributed by atoms with Gasteiger partial charge in [0.15, 0.2) is 11.5 Å². The number of nitrogens with two attached hydrogens (primary N) is 1. The minimum atomic E-state index is -3.32. The number of anilines is 1. The highest BCUT2D eigenvalue weighted by atomic mass is 31.2. The van der Waals surface area contributed by atoms with Gasteiger partial charge in [0, 0.05) is 25.2 Å². The summed E-state index contributed by atoms with van der Waals surface area (Å²) in [7, 11) is -1.99. The summed E-state index contributed by atoms with van der Waals surface area (Å²) in [6.45, 7) is 5.34. The smallest absolute Gasteiger partial charge is 0.328 e. The highest BCUT2D eigenvalue weighted by molar-refractivity contribution is 7.56. The molecule has 0 radical (unpaired) electrons. The molecule has 0 spiro atoms. The maximum atomic E-state index is 13.5. The Morgan fingerprint density at radius 2 is 1.89 bits per heavy atom. The molecule has 2 atom stereocenters. The lowest BCUT2D eigenvalue weighted by Crippen LogP contribution is -2.46. The van der Waals surface area contributed by atoms with Gasteiger partial charge in [-0.2, -0.15) is 0 Å². The molecule has 0 unspecified atom stereocenters. The summed E-state index contributed by atoms with van der Waals surface area (Å²) >= 11 is 0. The first-order chi connectivity index (χ1) is 17.5. The molecule has 1 fully saturated rings. The molecular formula is C21H31N6O9P. The van der Waals surface area contributed by atoms with E-state index in [9.17, 15) is 18.9 Å². The monoisotopic (exact) mass is 542 g/mol. The molecule has 0 aliphatic carbocycles. The normalized spacial score (nSPS) is 18.9. The number of ether oxygens (including phenoxy) is 2. The van der Waals surface area contributed by atoms with Crippen molar-refractivity contribution in [2.75, 3.05) is 38.9 Å². The van der Waals surface area contributed by atoms with Crippen molar-refractivity contribution in [3.8, 4) is 0 Å². The van der Waals surface area contributed by atoms with Crippen molar-refractivity contribution in [2.45, 2.75) is 32.9 Å². The summed E-state index contributed by atoms with van der Waals surface area (Å²) in [5.74, 6) is -2.71. The number of carbonyl (C=O) groups excluding carboxylic acids is 1. The van der Waals surface area contributed by atoms with Gasteiger partial charge in [0.25, 0.3) is 7.52 Å². The van der Waals surface area contributed by atoms with Gasteiger partial charge in [-0.15, -0.1) is 0 Å². The Bertz CT molecular complexity index is 1150. The third kappa shape index (κ3) is 8.32. The molecule has 0 bridgehead atoms. The maximum Gasteiger partial charge on any atom is 0.328 e. The van der Waals surface area contributed by atoms with Crippen molar-refractivity contribution >= 4 is 42.4 Å². The van der Waals surface area contributed by atoms with E-state index in [2.05, 4.69) is 15.0 Å². The number of nitrogens with zero attached hydrogens (tertiary/aromatic N) is 5. The van der Waals surface area contributed by atoms with Gasteiger partial charge in [-0.3, -0.25) is 9.36 Å². The third-order valence-corrected chi connectivity index (χ3v) is 7.47. The van der Waals surface area contributed by atoms with Crippen molar-refractivity contribution < 1.29 is 43.2 Å². The number of fused-ring (bicyclic) bond motifs is 1. The van der Waals surface area contributed by atoms with Crippen molar-refractivity contribution in [3.63, 3.8) is 0 Å². The third-order valence-electron chi connectivity index (χ3n) is 5.14. The lowest BCUT2D eigenvalue weighted by Gasteiger charge is -2.40. The van der Waals surface area contributed by atoms with Gasteiger partial charge in [0.1, 0.15) is 24.2 Å². The molecule has 2 aromatic rings. The Hall–Kier alpha value is -3.39. The van der Waals surface area contributed by atoms with Gasteiger partial charge in [0.05, 0.1) is 26.7 Å². The molecule has 0 amide bonds. The van der Waals surface area contributed by atoms with Crippen LogP contribution in [0, 0.1) is 5.92 Å². The molecule has 204 valence electrons. The van der Waals surface area contributed by atoms with E-state index in [1.54, 1.807) is 15.6 Å². The molecule has 1 aliphatic heterocycles. The number of aromatic nitrogens is 4. The molecule has 2 aromatic heterocycles. The second-order valence-electron chi connectivity index (χ2n) is 8.12. The topological polar surface area (TPSA) is 209 Å². The van der Waals surface area contributed by atoms with Crippen molar-refractivity contribution in [1.82, 2.24) is 24.2 Å². The van der Waals surface area contributed by atoms with Gasteiger partial charge in [-0.25, -0.2) is 29.2 Å². The first-order valence-corrected chi connectivity index (χ1v) is 13.0. The number of carbonyl (C=O) groups is 3. The van der Waals surface area contributed by atoms with Crippen LogP contribution in [0.5, 0.6) is 0 Å². The molecule has 16 heteroatoms. The standard InChI is InChI=1S/C17H27N6O5P.C4H4O4/c1-12(2)14(17(24)26-3)23-5-4-7-28-29(23,25)11-27-8-6-22-10-21-13-15(18)19-9-20-16(13)22;5-3(6)1-2-4(7)8/h9-10,12,14H,4-8,11H2,1-3H3,(H2,18,19,20);1-2H,(H,5,6)(H,7,8)/b;2-1+/t14-,29-;/m0./s1. The Balaban J connectivity index is 0.000000521. The number of methoxy groups -OCH3 is 1. The number of hydrogen-bond acceptors (Lipinski definition) is 11. The van der Waals surface area contributed by atoms with Crippen molar-refractivity contribution in [2.24, 2.45) is 5.92 Å². The maximum absolute atomic E-state index is 13.5. The van der Waals surface area contributed by atoms with Crippen LogP contribution < -0.4 is 5.73 Å². The number of carboxylic acids is 2. The van der Waals surface area contributed by atoms with Gasteiger partial charge >= 0.3 is 17.9 Å². The second-order valence-corrected chi connectivity index (χ2v) is 10.4. The summed E-state index contributed by atoms with van der Waals surface area (Å²) in [5, 5.41) is 15.6. The zero-order valence-corrected chi connectivity index (χ0v) is 21.6. The molecule has 15 nitrogen and oxygen atoms in total. The molecular weight excluding hydrogens is 511 g/mol. The Kier molecular flexibility index (Phi) is 11.1. The predicted octanol–water partition coefficient (Wildman–Crippen LogP) is 1.21. The number of nitrogen functional groups attached to an aromatic ring is 1. The number of rotatable bonds is 10. The van der Waals surface area contributed by atoms with Crippen LogP contribution in [0.15, 0.2) is 24.8 Å². The summed E-state index contributed by atoms with van der Waals surface area (Å²) in [6, 6.07) is -0.646. The fourth-order valence-corrected chi connectivity index (χ4v) is 5.84. The number of imidazole rings is 1. The Morgan fingerprint density at radius 3 is 2.49 bits per heavy atom. The molecule has 3 heterocycles. The van der Waals surface area contributed by atoms with E-state index < -0.39 is 31.5 Å². The summed E-state index contributed by atoms with van der Waals surface area (Å²) in [6.07, 6.45) is 4.67. The van der Waals surface area contributed by atoms with Gasteiger partial charge in [-0.05, 0) is 12.3 Å². The fourth-order valence-electron chi connectivity index (χ4n) is 3.51. The van der Waals surface area contributed by atoms with E-state index in [0.29, 0.717) is 55.3 Å². The van der Waals surface area contributed by atoms with Gasteiger partial charge < -0.3 is 34.5 Å². The van der Waals surface area contributed by atoms with E-state index in [-0.39, 0.29) is 18.9 Å². The SMILES string of the molecule is COC(=O)[C@H](C(C)C)N1CCCO[P@@]1(=O)COCCn1cnc2c(N)ncnc21.O=C(O)/C=C/C(=O)O. The van der Waals surface area contributed by atoms with E-state index in [1.807, 2.05) is 13.8 Å². The first-order valence-electron chi connectivity index (χ1n) is 11.2. The van der Waals surface area contributed by atoms with Crippen LogP contribution >= 0.6 is 7.52 Å². The zero-order chi connectivity index (χ0) is 27.6. The van der Waals surface area contributed by atoms with E-state index in [4.69, 9.17) is 29.9 Å². The minimum absolute atomic E-state index is 0.0834. The van der Waals surface area contributed by atoms with Crippen LogP contribution in [0.3, 0.4) is 0 Å². The average Bonchev–Trinajstić information content (AvgIpc) is 3.26. The molecule has 1 saturated heterocycles. The predicted molar refractivity (Wildman–Crippen MR) is 130 cm³/mol. The van der Waals surface area contributed by atoms with Crippen LogP contribution in [-0.4, -0.2) is 91.6 Å². The summed E-state index contributed by atoms with van der Waals surface area (Å²) in [5.41, 5.74) is 6.92. The molecule has 0 saturated carbocycles. The van der Waals surface area contributed by atoms with Crippen molar-refractivity contribution in [1.29, 1.82) is 0 Å². The fraction of sp³-hybridized carbons (Fsp3) is 0.524. The largest absolute Gasteiger partial charge is 0.478 e. The molecule has 1 aliphatic rings. The molecule has 3 rings (SSSR count). The Labute approximate surface area is 212 Å². The molecule has 4 N–H and O–H groups in total. The summed E-state index contributed by atoms with van der Waals surface area (Å²) in [4.78, 5) is 43.7. The van der Waals surface area contributed by atoms with E-state index in [0.717, 1.165) is 0 Å². The Morgan fingerprint density at radius 1 is 1.22 bits per heavy atom. The number of aliphatic carboxylic acids is 2. The van der Waals surface area contributed by atoms with Crippen molar-refractivity contribution in [3.05, 3.63) is 24.8 Å². The highest BCUT2D eigenvalue weighted by Gasteiger charge is 2.44. The lowest BCUT2D eigenvalue weighted by atomic mass is 10.0. The number of hydrogen-bond donors (Lipinski definition) is 3. The van der Waals surface area contributed by atoms with Crippen LogP contribution in [0.2, 0.25) is 0 Å². The van der Waals surface area contributed by atoms with Gasteiger partial charge in [0.2, 0.25) is 0 Å². The second kappa shape index (κ2) is 13.8. The van der Waals surface area contributed by atoms with Crippen LogP contribution in [-0.2, 0) is 39.5 Å². The number of carboxylic acid groups (broad SMARTS) is 2. The van der Waals surface area contributed by atoms with Crippen LogP contribution in [0.1, 0.15) is 20.3 Å². The van der Waals surface area contributed by atoms with E-state index >= 15 is 0 Å². The lowest BCUT2D eigenvalue weighted by molar-refractivity contribution is -0.147. The van der Waals surface area contributed by atoms with Crippen LogP contribution in [0.4, 0.5) is 5.82 Å². The van der Waals surface area contributed by atoms with Gasteiger partial charge in [-0.1, -0.05) is 13.8 Å². The first kappa shape index (κ1) is 29.8. The molecule has 0 aromatic carbocycles. The van der Waals surface area contributed by atoms with Crippen LogP contribution in [0.25, 0.3) is 11.2 Å². The zero-order valence-electron chi connectivity index (χ0n) is 20.7. The number of esters is 1. The average molecular weight is 542 g/mol.